The number of hydrogen-bond acceptors (Lipinski definition) is 7. The number of nitrogens with one attached hydrogen (secondary N) is 2. The number of methoxy groups -OCH3 is 1. The third-order valence-corrected chi connectivity index (χ3v) is 6.30. The monoisotopic (exact) mass is 488 g/mol. The normalized spacial score (nSPS) is 15.7. The zero-order chi connectivity index (χ0) is 24.4. The molecule has 0 saturated carbocycles. The van der Waals surface area contributed by atoms with Gasteiger partial charge in [-0.3, -0.25) is 4.79 Å². The van der Waals surface area contributed by atoms with Crippen LogP contribution in [0.1, 0.15) is 5.56 Å². The Hall–Kier alpha value is -3.75. The van der Waals surface area contributed by atoms with Crippen molar-refractivity contribution >= 4 is 40.0 Å². The molecule has 1 amide bonds. The van der Waals surface area contributed by atoms with Crippen molar-refractivity contribution in [1.82, 2.24) is 20.3 Å². The molecule has 0 aliphatic carbocycles. The first-order valence-electron chi connectivity index (χ1n) is 11.3. The first kappa shape index (κ1) is 23.0. The zero-order valence-corrected chi connectivity index (χ0v) is 20.2. The number of piperazine rings is 1. The molecule has 5 rings (SSSR count). The lowest BCUT2D eigenvalue weighted by Crippen LogP contribution is -2.57. The molecular formula is C26H25ClN6O2. The minimum atomic E-state index is -0.477. The molecule has 1 aliphatic heterocycles. The minimum absolute atomic E-state index is 0.145. The number of benzene rings is 2. The maximum atomic E-state index is 13.3. The molecule has 0 radical (unpaired) electrons. The van der Waals surface area contributed by atoms with Crippen molar-refractivity contribution in [1.29, 1.82) is 0 Å². The van der Waals surface area contributed by atoms with Crippen LogP contribution in [0.25, 0.3) is 22.3 Å². The highest BCUT2D eigenvalue weighted by Gasteiger charge is 2.31. The number of halogens is 1. The first-order chi connectivity index (χ1) is 17.0. The summed E-state index contributed by atoms with van der Waals surface area (Å²) in [5.74, 6) is 1.32. The van der Waals surface area contributed by atoms with Gasteiger partial charge in [0.15, 0.2) is 5.82 Å². The van der Waals surface area contributed by atoms with E-state index in [9.17, 15) is 4.79 Å². The van der Waals surface area contributed by atoms with Gasteiger partial charge < -0.3 is 20.3 Å². The topological polar surface area (TPSA) is 92.3 Å². The number of aromatic nitrogens is 3. The van der Waals surface area contributed by atoms with Gasteiger partial charge in [-0.15, -0.1) is 0 Å². The second-order valence-electron chi connectivity index (χ2n) is 8.36. The van der Waals surface area contributed by atoms with Crippen LogP contribution in [0.3, 0.4) is 0 Å². The highest BCUT2D eigenvalue weighted by atomic mass is 35.5. The molecule has 3 heterocycles. The van der Waals surface area contributed by atoms with E-state index in [1.165, 1.54) is 6.33 Å². The van der Waals surface area contributed by atoms with E-state index in [1.807, 2.05) is 48.2 Å². The quantitative estimate of drug-likeness (QED) is 0.437. The largest absolute Gasteiger partial charge is 0.496 e. The molecule has 1 fully saturated rings. The summed E-state index contributed by atoms with van der Waals surface area (Å²) < 4.78 is 5.39. The summed E-state index contributed by atoms with van der Waals surface area (Å²) in [6.07, 6.45) is 1.52. The summed E-state index contributed by atoms with van der Waals surface area (Å²) in [7, 11) is 1.66. The maximum Gasteiger partial charge on any atom is 0.248 e. The molecule has 2 aromatic heterocycles. The van der Waals surface area contributed by atoms with Crippen molar-refractivity contribution in [3.63, 3.8) is 0 Å². The van der Waals surface area contributed by atoms with E-state index in [2.05, 4.69) is 20.6 Å². The van der Waals surface area contributed by atoms with Crippen LogP contribution in [0.5, 0.6) is 5.75 Å². The third-order valence-electron chi connectivity index (χ3n) is 6.06. The Morgan fingerprint density at radius 1 is 1.17 bits per heavy atom. The molecule has 0 bridgehead atoms. The number of carbonyl (C=O) groups excluding carboxylic acids is 1. The number of aryl methyl sites for hydroxylation is 1. The van der Waals surface area contributed by atoms with E-state index < -0.39 is 6.04 Å². The molecule has 2 N–H and O–H groups in total. The Kier molecular flexibility index (Phi) is 6.48. The number of pyridine rings is 1. The molecule has 4 aromatic rings. The second kappa shape index (κ2) is 9.85. The highest BCUT2D eigenvalue weighted by Crippen LogP contribution is 2.29. The highest BCUT2D eigenvalue weighted by molar-refractivity contribution is 6.30. The Bertz CT molecular complexity index is 1400. The van der Waals surface area contributed by atoms with Crippen LogP contribution >= 0.6 is 11.6 Å². The van der Waals surface area contributed by atoms with Crippen molar-refractivity contribution in [2.45, 2.75) is 13.0 Å². The lowest BCUT2D eigenvalue weighted by Gasteiger charge is -2.36. The molecular weight excluding hydrogens is 464 g/mol. The van der Waals surface area contributed by atoms with Gasteiger partial charge in [0.25, 0.3) is 0 Å². The van der Waals surface area contributed by atoms with Crippen LogP contribution < -0.4 is 20.3 Å². The van der Waals surface area contributed by atoms with Gasteiger partial charge >= 0.3 is 0 Å². The number of anilines is 2. The Labute approximate surface area is 208 Å². The van der Waals surface area contributed by atoms with Gasteiger partial charge in [0, 0.05) is 35.9 Å². The molecule has 1 atom stereocenters. The fourth-order valence-electron chi connectivity index (χ4n) is 4.32. The smallest absolute Gasteiger partial charge is 0.248 e. The molecule has 1 saturated heterocycles. The van der Waals surface area contributed by atoms with Crippen molar-refractivity contribution in [3.05, 3.63) is 71.5 Å². The predicted octanol–water partition coefficient (Wildman–Crippen LogP) is 4.08. The average molecular weight is 489 g/mol. The van der Waals surface area contributed by atoms with Crippen molar-refractivity contribution < 1.29 is 9.53 Å². The fraction of sp³-hybridized carbons (Fsp3) is 0.231. The van der Waals surface area contributed by atoms with Gasteiger partial charge in [-0.25, -0.2) is 15.0 Å². The summed E-state index contributed by atoms with van der Waals surface area (Å²) in [5.41, 5.74) is 4.81. The lowest BCUT2D eigenvalue weighted by molar-refractivity contribution is -0.117. The number of amides is 1. The second-order valence-corrected chi connectivity index (χ2v) is 8.80. The number of fused-ring (bicyclic) bond motifs is 1. The van der Waals surface area contributed by atoms with Crippen molar-refractivity contribution in [2.24, 2.45) is 0 Å². The molecule has 1 unspecified atom stereocenters. The molecule has 1 aliphatic rings. The number of nitrogens with zero attached hydrogens (tertiary/aromatic N) is 4. The van der Waals surface area contributed by atoms with Crippen LogP contribution in [0.4, 0.5) is 11.5 Å². The van der Waals surface area contributed by atoms with E-state index in [1.54, 1.807) is 25.3 Å². The number of rotatable bonds is 5. The molecule has 8 nitrogen and oxygen atoms in total. The minimum Gasteiger partial charge on any atom is -0.496 e. The van der Waals surface area contributed by atoms with Crippen molar-refractivity contribution in [3.8, 4) is 17.0 Å². The molecule has 0 spiro atoms. The predicted molar refractivity (Wildman–Crippen MR) is 138 cm³/mol. The summed E-state index contributed by atoms with van der Waals surface area (Å²) in [4.78, 5) is 29.2. The summed E-state index contributed by atoms with van der Waals surface area (Å²) in [6.45, 7) is 3.81. The third kappa shape index (κ3) is 4.76. The van der Waals surface area contributed by atoms with Crippen LogP contribution in [-0.4, -0.2) is 53.6 Å². The van der Waals surface area contributed by atoms with Gasteiger partial charge in [0.2, 0.25) is 5.91 Å². The molecule has 2 aromatic carbocycles. The molecule has 35 heavy (non-hydrogen) atoms. The van der Waals surface area contributed by atoms with Crippen LogP contribution in [-0.2, 0) is 4.79 Å². The fourth-order valence-corrected chi connectivity index (χ4v) is 4.51. The van der Waals surface area contributed by atoms with Crippen LogP contribution in [0, 0.1) is 6.92 Å². The van der Waals surface area contributed by atoms with E-state index >= 15 is 0 Å². The van der Waals surface area contributed by atoms with E-state index in [4.69, 9.17) is 21.3 Å². The summed E-state index contributed by atoms with van der Waals surface area (Å²) in [6, 6.07) is 16.5. The number of carbonyl (C=O) groups is 1. The van der Waals surface area contributed by atoms with Gasteiger partial charge in [-0.2, -0.15) is 0 Å². The Morgan fingerprint density at radius 2 is 2.06 bits per heavy atom. The van der Waals surface area contributed by atoms with Crippen LogP contribution in [0.15, 0.2) is 60.9 Å². The zero-order valence-electron chi connectivity index (χ0n) is 19.5. The Morgan fingerprint density at radius 3 is 2.86 bits per heavy atom. The SMILES string of the molecule is COc1ccc(-c2ccc3ncnc(N4CCNCC4C(=O)Nc4cccc(Cl)c4)c3n2)cc1C. The summed E-state index contributed by atoms with van der Waals surface area (Å²) in [5, 5.41) is 6.85. The average Bonchev–Trinajstić information content (AvgIpc) is 2.88. The summed E-state index contributed by atoms with van der Waals surface area (Å²) >= 11 is 6.09. The van der Waals surface area contributed by atoms with Gasteiger partial charge in [-0.05, 0) is 61.0 Å². The number of hydrogen-bond donors (Lipinski definition) is 2. The van der Waals surface area contributed by atoms with E-state index in [-0.39, 0.29) is 5.91 Å². The van der Waals surface area contributed by atoms with Crippen LogP contribution in [0.2, 0.25) is 5.02 Å². The van der Waals surface area contributed by atoms with Crippen molar-refractivity contribution in [2.75, 3.05) is 37.0 Å². The Balaban J connectivity index is 1.51. The van der Waals surface area contributed by atoms with Gasteiger partial charge in [-0.1, -0.05) is 17.7 Å². The lowest BCUT2D eigenvalue weighted by atomic mass is 10.1. The standard InChI is InChI=1S/C26H25ClN6O2/c1-16-12-17(6-9-23(16)35-2)20-7-8-21-24(32-20)25(30-15-29-21)33-11-10-28-14-22(33)26(34)31-19-5-3-4-18(27)13-19/h3-9,12-13,15,22,28H,10-11,14H2,1-2H3,(H,31,34). The first-order valence-corrected chi connectivity index (χ1v) is 11.7. The van der Waals surface area contributed by atoms with Gasteiger partial charge in [0.1, 0.15) is 23.6 Å². The maximum absolute atomic E-state index is 13.3. The van der Waals surface area contributed by atoms with E-state index in [0.717, 1.165) is 34.6 Å². The molecule has 178 valence electrons. The van der Waals surface area contributed by atoms with Gasteiger partial charge in [0.05, 0.1) is 18.3 Å². The number of ether oxygens (including phenoxy) is 1. The molecule has 9 heteroatoms. The van der Waals surface area contributed by atoms with E-state index in [0.29, 0.717) is 35.1 Å².